The first kappa shape index (κ1) is 13.3. The van der Waals surface area contributed by atoms with Crippen LogP contribution in [0.15, 0.2) is 42.9 Å². The summed E-state index contributed by atoms with van der Waals surface area (Å²) < 4.78 is 7.69. The van der Waals surface area contributed by atoms with E-state index < -0.39 is 0 Å². The Morgan fingerprint density at radius 1 is 1.30 bits per heavy atom. The molecule has 0 aliphatic carbocycles. The van der Waals surface area contributed by atoms with Crippen LogP contribution in [0.3, 0.4) is 0 Å². The van der Waals surface area contributed by atoms with Gasteiger partial charge < -0.3 is 14.4 Å². The molecule has 0 amide bonds. The van der Waals surface area contributed by atoms with Crippen molar-refractivity contribution < 1.29 is 9.84 Å². The summed E-state index contributed by atoms with van der Waals surface area (Å²) in [5.41, 5.74) is 2.23. The molecule has 20 heavy (non-hydrogen) atoms. The number of aromatic nitrogens is 2. The topological polar surface area (TPSA) is 47.3 Å². The van der Waals surface area contributed by atoms with Gasteiger partial charge in [0.25, 0.3) is 0 Å². The van der Waals surface area contributed by atoms with E-state index in [1.807, 2.05) is 30.7 Å². The summed E-state index contributed by atoms with van der Waals surface area (Å²) in [4.78, 5) is 4.25. The largest absolute Gasteiger partial charge is 0.393 e. The zero-order chi connectivity index (χ0) is 13.8. The van der Waals surface area contributed by atoms with Crippen LogP contribution in [-0.2, 0) is 11.3 Å². The summed E-state index contributed by atoms with van der Waals surface area (Å²) in [6, 6.07) is 10.2. The van der Waals surface area contributed by atoms with Crippen molar-refractivity contribution >= 4 is 0 Å². The Bertz CT molecular complexity index is 538. The summed E-state index contributed by atoms with van der Waals surface area (Å²) in [6.07, 6.45) is 5.18. The average molecular weight is 272 g/mol. The average Bonchev–Trinajstić information content (AvgIpc) is 2.85. The Balaban J connectivity index is 1.80. The monoisotopic (exact) mass is 272 g/mol. The second-order valence-corrected chi connectivity index (χ2v) is 5.34. The standard InChI is InChI=1S/C16H20N2O2/c19-16-7-4-8-20-11-14(16)10-18-12-17-9-15(18)13-5-2-1-3-6-13/h1-3,5-6,9,12,14,16,19H,4,7-8,10-11H2. The molecule has 4 nitrogen and oxygen atoms in total. The third-order valence-corrected chi connectivity index (χ3v) is 3.88. The van der Waals surface area contributed by atoms with Gasteiger partial charge in [0.05, 0.1) is 30.9 Å². The van der Waals surface area contributed by atoms with E-state index in [0.29, 0.717) is 6.61 Å². The van der Waals surface area contributed by atoms with Crippen molar-refractivity contribution in [3.63, 3.8) is 0 Å². The van der Waals surface area contributed by atoms with Gasteiger partial charge in [-0.25, -0.2) is 4.98 Å². The van der Waals surface area contributed by atoms with E-state index in [4.69, 9.17) is 4.74 Å². The van der Waals surface area contributed by atoms with Gasteiger partial charge in [-0.3, -0.25) is 0 Å². The summed E-state index contributed by atoms with van der Waals surface area (Å²) >= 11 is 0. The number of hydrogen-bond donors (Lipinski definition) is 1. The van der Waals surface area contributed by atoms with Gasteiger partial charge in [-0.15, -0.1) is 0 Å². The van der Waals surface area contributed by atoms with Crippen LogP contribution in [0, 0.1) is 5.92 Å². The third-order valence-electron chi connectivity index (χ3n) is 3.88. The Hall–Kier alpha value is -1.65. The van der Waals surface area contributed by atoms with Crippen LogP contribution in [0.4, 0.5) is 0 Å². The Kier molecular flexibility index (Phi) is 4.14. The zero-order valence-electron chi connectivity index (χ0n) is 11.5. The van der Waals surface area contributed by atoms with Crippen molar-refractivity contribution in [3.8, 4) is 11.3 Å². The van der Waals surface area contributed by atoms with Gasteiger partial charge in [0.2, 0.25) is 0 Å². The van der Waals surface area contributed by atoms with Crippen LogP contribution in [0.25, 0.3) is 11.3 Å². The minimum Gasteiger partial charge on any atom is -0.393 e. The van der Waals surface area contributed by atoms with E-state index in [0.717, 1.165) is 37.3 Å². The van der Waals surface area contributed by atoms with Crippen LogP contribution >= 0.6 is 0 Å². The van der Waals surface area contributed by atoms with E-state index >= 15 is 0 Å². The zero-order valence-corrected chi connectivity index (χ0v) is 11.5. The molecule has 0 saturated carbocycles. The van der Waals surface area contributed by atoms with Crippen molar-refractivity contribution in [1.29, 1.82) is 0 Å². The number of aliphatic hydroxyl groups excluding tert-OH is 1. The summed E-state index contributed by atoms with van der Waals surface area (Å²) in [6.45, 7) is 2.11. The molecule has 1 fully saturated rings. The Labute approximate surface area is 119 Å². The second-order valence-electron chi connectivity index (χ2n) is 5.34. The fourth-order valence-electron chi connectivity index (χ4n) is 2.72. The minimum absolute atomic E-state index is 0.133. The Morgan fingerprint density at radius 3 is 3.00 bits per heavy atom. The van der Waals surface area contributed by atoms with E-state index in [9.17, 15) is 5.11 Å². The Morgan fingerprint density at radius 2 is 2.15 bits per heavy atom. The predicted octanol–water partition coefficient (Wildman–Crippen LogP) is 2.34. The minimum atomic E-state index is -0.288. The van der Waals surface area contributed by atoms with E-state index in [2.05, 4.69) is 21.7 Å². The number of benzene rings is 1. The molecular formula is C16H20N2O2. The predicted molar refractivity (Wildman–Crippen MR) is 77.2 cm³/mol. The lowest BCUT2D eigenvalue weighted by Gasteiger charge is -2.21. The maximum Gasteiger partial charge on any atom is 0.0951 e. The molecule has 0 bridgehead atoms. The number of nitrogens with zero attached hydrogens (tertiary/aromatic N) is 2. The molecule has 0 spiro atoms. The molecule has 1 N–H and O–H groups in total. The first-order valence-electron chi connectivity index (χ1n) is 7.16. The van der Waals surface area contributed by atoms with Crippen molar-refractivity contribution in [2.75, 3.05) is 13.2 Å². The van der Waals surface area contributed by atoms with Gasteiger partial charge in [-0.2, -0.15) is 0 Å². The van der Waals surface area contributed by atoms with Gasteiger partial charge in [-0.1, -0.05) is 30.3 Å². The lowest BCUT2D eigenvalue weighted by Crippen LogP contribution is -2.27. The molecule has 0 radical (unpaired) electrons. The van der Waals surface area contributed by atoms with Crippen molar-refractivity contribution in [3.05, 3.63) is 42.9 Å². The lowest BCUT2D eigenvalue weighted by atomic mass is 10.00. The third kappa shape index (κ3) is 2.92. The first-order valence-corrected chi connectivity index (χ1v) is 7.16. The van der Waals surface area contributed by atoms with E-state index in [1.54, 1.807) is 0 Å². The number of hydrogen-bond acceptors (Lipinski definition) is 3. The molecule has 2 aromatic rings. The fourth-order valence-corrected chi connectivity index (χ4v) is 2.72. The summed E-state index contributed by atoms with van der Waals surface area (Å²) in [5, 5.41) is 10.2. The molecule has 2 heterocycles. The normalized spacial score (nSPS) is 23.4. The summed E-state index contributed by atoms with van der Waals surface area (Å²) in [5.74, 6) is 0.133. The number of rotatable bonds is 3. The number of ether oxygens (including phenoxy) is 1. The smallest absolute Gasteiger partial charge is 0.0951 e. The van der Waals surface area contributed by atoms with Crippen LogP contribution in [0.1, 0.15) is 12.8 Å². The molecule has 2 atom stereocenters. The molecule has 2 unspecified atom stereocenters. The van der Waals surface area contributed by atoms with Gasteiger partial charge in [0.15, 0.2) is 0 Å². The van der Waals surface area contributed by atoms with Gasteiger partial charge in [-0.05, 0) is 18.4 Å². The van der Waals surface area contributed by atoms with Crippen molar-refractivity contribution in [2.45, 2.75) is 25.5 Å². The van der Waals surface area contributed by atoms with E-state index in [1.165, 1.54) is 0 Å². The molecule has 1 aromatic heterocycles. The van der Waals surface area contributed by atoms with Crippen LogP contribution in [-0.4, -0.2) is 34.0 Å². The van der Waals surface area contributed by atoms with Gasteiger partial charge in [0.1, 0.15) is 0 Å². The highest BCUT2D eigenvalue weighted by molar-refractivity contribution is 5.58. The quantitative estimate of drug-likeness (QED) is 0.933. The molecule has 106 valence electrons. The van der Waals surface area contributed by atoms with Crippen LogP contribution in [0.5, 0.6) is 0 Å². The molecule has 4 heteroatoms. The maximum absolute atomic E-state index is 10.2. The van der Waals surface area contributed by atoms with Crippen LogP contribution in [0.2, 0.25) is 0 Å². The molecular weight excluding hydrogens is 252 g/mol. The number of aliphatic hydroxyl groups is 1. The fraction of sp³-hybridized carbons (Fsp3) is 0.438. The van der Waals surface area contributed by atoms with Gasteiger partial charge in [0, 0.05) is 19.1 Å². The first-order chi connectivity index (χ1) is 9.84. The van der Waals surface area contributed by atoms with Gasteiger partial charge >= 0.3 is 0 Å². The molecule has 1 saturated heterocycles. The highest BCUT2D eigenvalue weighted by Crippen LogP contribution is 2.22. The molecule has 3 rings (SSSR count). The second kappa shape index (κ2) is 6.20. The van der Waals surface area contributed by atoms with Crippen LogP contribution < -0.4 is 0 Å². The maximum atomic E-state index is 10.2. The molecule has 1 aliphatic rings. The molecule has 1 aromatic carbocycles. The highest BCUT2D eigenvalue weighted by Gasteiger charge is 2.23. The SMILES string of the molecule is OC1CCCOCC1Cn1cncc1-c1ccccc1. The summed E-state index contributed by atoms with van der Waals surface area (Å²) in [7, 11) is 0. The number of imidazole rings is 1. The van der Waals surface area contributed by atoms with E-state index in [-0.39, 0.29) is 12.0 Å². The highest BCUT2D eigenvalue weighted by atomic mass is 16.5. The molecule has 1 aliphatic heterocycles. The lowest BCUT2D eigenvalue weighted by molar-refractivity contribution is 0.0497. The van der Waals surface area contributed by atoms with Crippen molar-refractivity contribution in [2.24, 2.45) is 5.92 Å². The van der Waals surface area contributed by atoms with Crippen molar-refractivity contribution in [1.82, 2.24) is 9.55 Å².